The number of hydrogen-bond acceptors (Lipinski definition) is 3. The molecule has 0 saturated heterocycles. The molecule has 0 aliphatic carbocycles. The first kappa shape index (κ1) is 13.9. The van der Waals surface area contributed by atoms with Crippen LogP contribution in [0.3, 0.4) is 0 Å². The minimum Gasteiger partial charge on any atom is -0.397 e. The predicted octanol–water partition coefficient (Wildman–Crippen LogP) is 3.42. The van der Waals surface area contributed by atoms with Crippen LogP contribution in [0.1, 0.15) is 11.3 Å². The number of aromatic nitrogens is 1. The summed E-state index contributed by atoms with van der Waals surface area (Å²) in [5, 5.41) is 8.66. The summed E-state index contributed by atoms with van der Waals surface area (Å²) in [5.74, 6) is 0. The van der Waals surface area contributed by atoms with E-state index in [4.69, 9.17) is 11.0 Å². The number of nitrogens with zero attached hydrogens (tertiary/aromatic N) is 2. The van der Waals surface area contributed by atoms with E-state index >= 15 is 0 Å². The molecule has 6 heteroatoms. The van der Waals surface area contributed by atoms with Gasteiger partial charge in [-0.15, -0.1) is 0 Å². The van der Waals surface area contributed by atoms with Crippen LogP contribution in [0.2, 0.25) is 0 Å². The van der Waals surface area contributed by atoms with Crippen LogP contribution in [0.15, 0.2) is 36.4 Å². The lowest BCUT2D eigenvalue weighted by atomic mass is 10.0. The molecule has 20 heavy (non-hydrogen) atoms. The average molecular weight is 277 g/mol. The van der Waals surface area contributed by atoms with Gasteiger partial charge in [0.2, 0.25) is 0 Å². The maximum atomic E-state index is 13.0. The van der Waals surface area contributed by atoms with E-state index in [0.29, 0.717) is 5.69 Å². The van der Waals surface area contributed by atoms with Gasteiger partial charge >= 0.3 is 6.18 Å². The van der Waals surface area contributed by atoms with E-state index < -0.39 is 11.7 Å². The molecule has 0 aliphatic rings. The lowest BCUT2D eigenvalue weighted by Gasteiger charge is -2.13. The van der Waals surface area contributed by atoms with Gasteiger partial charge in [-0.1, -0.05) is 18.2 Å². The number of halogens is 3. The second kappa shape index (κ2) is 5.21. The molecule has 0 unspecified atom stereocenters. The molecule has 0 saturated carbocycles. The third-order valence-electron chi connectivity index (χ3n) is 2.76. The van der Waals surface area contributed by atoms with Crippen molar-refractivity contribution in [2.24, 2.45) is 0 Å². The molecule has 0 bridgehead atoms. The number of nitriles is 1. The van der Waals surface area contributed by atoms with Gasteiger partial charge in [0.25, 0.3) is 0 Å². The molecule has 1 heterocycles. The Kier molecular flexibility index (Phi) is 3.61. The van der Waals surface area contributed by atoms with Crippen LogP contribution >= 0.6 is 0 Å². The van der Waals surface area contributed by atoms with Gasteiger partial charge in [-0.05, 0) is 18.2 Å². The Morgan fingerprint density at radius 2 is 1.85 bits per heavy atom. The summed E-state index contributed by atoms with van der Waals surface area (Å²) in [4.78, 5) is 4.06. The number of nitrogen functional groups attached to an aromatic ring is 1. The highest BCUT2D eigenvalue weighted by Crippen LogP contribution is 2.36. The number of alkyl halides is 3. The van der Waals surface area contributed by atoms with Crippen molar-refractivity contribution in [1.29, 1.82) is 5.26 Å². The van der Waals surface area contributed by atoms with Gasteiger partial charge in [0.05, 0.1) is 35.1 Å². The van der Waals surface area contributed by atoms with Crippen LogP contribution < -0.4 is 5.73 Å². The van der Waals surface area contributed by atoms with Gasteiger partial charge in [0.15, 0.2) is 0 Å². The number of rotatable bonds is 2. The van der Waals surface area contributed by atoms with Crippen molar-refractivity contribution in [2.45, 2.75) is 12.6 Å². The Balaban J connectivity index is 2.58. The quantitative estimate of drug-likeness (QED) is 0.914. The topological polar surface area (TPSA) is 62.7 Å². The molecule has 1 aromatic carbocycles. The first-order chi connectivity index (χ1) is 9.43. The van der Waals surface area contributed by atoms with Crippen molar-refractivity contribution >= 4 is 5.69 Å². The fraction of sp³-hybridized carbons (Fsp3) is 0.143. The highest BCUT2D eigenvalue weighted by atomic mass is 19.4. The van der Waals surface area contributed by atoms with E-state index in [9.17, 15) is 13.2 Å². The van der Waals surface area contributed by atoms with Crippen molar-refractivity contribution in [2.75, 3.05) is 5.73 Å². The van der Waals surface area contributed by atoms with Gasteiger partial charge < -0.3 is 5.73 Å². The monoisotopic (exact) mass is 277 g/mol. The van der Waals surface area contributed by atoms with Crippen LogP contribution in [-0.4, -0.2) is 4.98 Å². The average Bonchev–Trinajstić information content (AvgIpc) is 2.41. The van der Waals surface area contributed by atoms with Crippen molar-refractivity contribution in [3.63, 3.8) is 0 Å². The third kappa shape index (κ3) is 2.72. The molecule has 0 radical (unpaired) electrons. The van der Waals surface area contributed by atoms with E-state index in [1.54, 1.807) is 0 Å². The third-order valence-corrected chi connectivity index (χ3v) is 2.76. The maximum absolute atomic E-state index is 13.0. The van der Waals surface area contributed by atoms with Crippen LogP contribution in [0, 0.1) is 11.3 Å². The lowest BCUT2D eigenvalue weighted by Crippen LogP contribution is -2.08. The predicted molar refractivity (Wildman–Crippen MR) is 68.4 cm³/mol. The molecule has 2 rings (SSSR count). The SMILES string of the molecule is N#CCc1nc(-c2ccccc2C(F)(F)F)ccc1N. The van der Waals surface area contributed by atoms with Crippen molar-refractivity contribution < 1.29 is 13.2 Å². The highest BCUT2D eigenvalue weighted by molar-refractivity contribution is 5.66. The number of anilines is 1. The molecule has 2 N–H and O–H groups in total. The second-order valence-electron chi connectivity index (χ2n) is 4.11. The second-order valence-corrected chi connectivity index (χ2v) is 4.11. The van der Waals surface area contributed by atoms with Crippen molar-refractivity contribution in [3.8, 4) is 17.3 Å². The number of pyridine rings is 1. The van der Waals surface area contributed by atoms with Gasteiger partial charge in [-0.2, -0.15) is 18.4 Å². The van der Waals surface area contributed by atoms with Crippen LogP contribution in [-0.2, 0) is 12.6 Å². The van der Waals surface area contributed by atoms with Crippen molar-refractivity contribution in [3.05, 3.63) is 47.7 Å². The molecule has 3 nitrogen and oxygen atoms in total. The fourth-order valence-electron chi connectivity index (χ4n) is 1.83. The number of benzene rings is 1. The van der Waals surface area contributed by atoms with E-state index in [1.807, 2.05) is 6.07 Å². The summed E-state index contributed by atoms with van der Waals surface area (Å²) in [6, 6.07) is 9.93. The summed E-state index contributed by atoms with van der Waals surface area (Å²) in [7, 11) is 0. The molecule has 0 aliphatic heterocycles. The minimum absolute atomic E-state index is 0.0285. The van der Waals surface area contributed by atoms with Gasteiger partial charge in [0.1, 0.15) is 0 Å². The Bertz CT molecular complexity index is 672. The molecule has 0 amide bonds. The van der Waals surface area contributed by atoms with Gasteiger partial charge in [-0.3, -0.25) is 0 Å². The highest BCUT2D eigenvalue weighted by Gasteiger charge is 2.33. The van der Waals surface area contributed by atoms with Gasteiger partial charge in [-0.25, -0.2) is 4.98 Å². The zero-order valence-corrected chi connectivity index (χ0v) is 10.3. The molecule has 102 valence electrons. The molecule has 1 aromatic heterocycles. The molecule has 0 atom stereocenters. The Morgan fingerprint density at radius 3 is 2.50 bits per heavy atom. The summed E-state index contributed by atoms with van der Waals surface area (Å²) in [6.07, 6.45) is -4.51. The standard InChI is InChI=1S/C14H10F3N3/c15-14(16,17)10-4-2-1-3-9(10)12-6-5-11(19)13(20-12)7-8-18/h1-6H,7,19H2. The first-order valence-corrected chi connectivity index (χ1v) is 5.72. The van der Waals surface area contributed by atoms with E-state index in [1.165, 1.54) is 30.3 Å². The van der Waals surface area contributed by atoms with Crippen LogP contribution in [0.25, 0.3) is 11.3 Å². The van der Waals surface area contributed by atoms with Crippen LogP contribution in [0.4, 0.5) is 18.9 Å². The van der Waals surface area contributed by atoms with E-state index in [2.05, 4.69) is 4.98 Å². The van der Waals surface area contributed by atoms with E-state index in [-0.39, 0.29) is 23.4 Å². The molecule has 2 aromatic rings. The fourth-order valence-corrected chi connectivity index (χ4v) is 1.83. The normalized spacial score (nSPS) is 11.1. The Hall–Kier alpha value is -2.55. The molecule has 0 spiro atoms. The summed E-state index contributed by atoms with van der Waals surface area (Å²) >= 11 is 0. The van der Waals surface area contributed by atoms with Crippen LogP contribution in [0.5, 0.6) is 0 Å². The first-order valence-electron chi connectivity index (χ1n) is 5.72. The molecule has 0 fully saturated rings. The summed E-state index contributed by atoms with van der Waals surface area (Å²) in [6.45, 7) is 0. The smallest absolute Gasteiger partial charge is 0.397 e. The van der Waals surface area contributed by atoms with E-state index in [0.717, 1.165) is 6.07 Å². The minimum atomic E-state index is -4.46. The number of nitrogens with two attached hydrogens (primary N) is 1. The lowest BCUT2D eigenvalue weighted by molar-refractivity contribution is -0.137. The number of hydrogen-bond donors (Lipinski definition) is 1. The maximum Gasteiger partial charge on any atom is 0.417 e. The van der Waals surface area contributed by atoms with Gasteiger partial charge in [0, 0.05) is 5.56 Å². The summed E-state index contributed by atoms with van der Waals surface area (Å²) < 4.78 is 38.9. The zero-order valence-electron chi connectivity index (χ0n) is 10.3. The summed E-state index contributed by atoms with van der Waals surface area (Å²) in [5.41, 5.74) is 5.57. The Labute approximate surface area is 113 Å². The largest absolute Gasteiger partial charge is 0.417 e. The zero-order chi connectivity index (χ0) is 14.8. The molecular formula is C14H10F3N3. The van der Waals surface area contributed by atoms with Crippen molar-refractivity contribution in [1.82, 2.24) is 4.98 Å². The molecular weight excluding hydrogens is 267 g/mol. The Morgan fingerprint density at radius 1 is 1.15 bits per heavy atom.